The summed E-state index contributed by atoms with van der Waals surface area (Å²) < 4.78 is 23.3. The maximum atomic E-state index is 11.6. The van der Waals surface area contributed by atoms with Crippen molar-refractivity contribution in [1.82, 2.24) is 4.98 Å². The van der Waals surface area contributed by atoms with Gasteiger partial charge in [-0.15, -0.1) is 12.4 Å². The Balaban J connectivity index is 0.00000121. The monoisotopic (exact) mass is 194 g/mol. The van der Waals surface area contributed by atoms with E-state index in [2.05, 4.69) is 10.3 Å². The average Bonchev–Trinajstić information content (AvgIpc) is 2.03. The zero-order chi connectivity index (χ0) is 8.10. The van der Waals surface area contributed by atoms with Gasteiger partial charge < -0.3 is 5.32 Å². The van der Waals surface area contributed by atoms with E-state index in [1.165, 1.54) is 0 Å². The standard InChI is InChI=1S/C7H8F2N2.ClH/c8-7(9)5-11-6-1-3-10-4-2-6;/h1-4,7H,5H2,(H,10,11);1H. The number of nitrogens with zero attached hydrogens (tertiary/aromatic N) is 1. The predicted molar refractivity (Wildman–Crippen MR) is 46.0 cm³/mol. The van der Waals surface area contributed by atoms with Crippen LogP contribution in [0.4, 0.5) is 14.5 Å². The molecule has 1 aromatic rings. The van der Waals surface area contributed by atoms with Crippen LogP contribution in [0.25, 0.3) is 0 Å². The van der Waals surface area contributed by atoms with Gasteiger partial charge in [0.15, 0.2) is 0 Å². The lowest BCUT2D eigenvalue weighted by atomic mass is 10.4. The number of anilines is 1. The number of aromatic nitrogens is 1. The van der Waals surface area contributed by atoms with Crippen LogP contribution in [0.15, 0.2) is 24.5 Å². The van der Waals surface area contributed by atoms with Gasteiger partial charge in [0.25, 0.3) is 6.43 Å². The van der Waals surface area contributed by atoms with E-state index in [-0.39, 0.29) is 19.0 Å². The molecular weight excluding hydrogens is 186 g/mol. The SMILES string of the molecule is Cl.FC(F)CNc1ccncc1. The molecule has 1 rings (SSSR count). The maximum absolute atomic E-state index is 11.6. The highest BCUT2D eigenvalue weighted by Crippen LogP contribution is 2.03. The highest BCUT2D eigenvalue weighted by Gasteiger charge is 1.99. The maximum Gasteiger partial charge on any atom is 0.255 e. The van der Waals surface area contributed by atoms with E-state index in [9.17, 15) is 8.78 Å². The average molecular weight is 195 g/mol. The Labute approximate surface area is 75.4 Å². The molecule has 0 saturated carbocycles. The van der Waals surface area contributed by atoms with E-state index in [0.717, 1.165) is 0 Å². The number of hydrogen-bond acceptors (Lipinski definition) is 2. The Hall–Kier alpha value is -0.900. The third-order valence-electron chi connectivity index (χ3n) is 1.14. The summed E-state index contributed by atoms with van der Waals surface area (Å²) in [4.78, 5) is 3.74. The molecule has 2 nitrogen and oxygen atoms in total. The molecule has 0 saturated heterocycles. The van der Waals surface area contributed by atoms with Crippen molar-refractivity contribution in [1.29, 1.82) is 0 Å². The minimum atomic E-state index is -2.32. The highest BCUT2D eigenvalue weighted by molar-refractivity contribution is 5.85. The Morgan fingerprint density at radius 3 is 2.42 bits per heavy atom. The van der Waals surface area contributed by atoms with Crippen LogP contribution >= 0.6 is 12.4 Å². The van der Waals surface area contributed by atoms with Crippen LogP contribution in [-0.4, -0.2) is 18.0 Å². The summed E-state index contributed by atoms with van der Waals surface area (Å²) in [6.45, 7) is -0.315. The second kappa shape index (κ2) is 5.71. The molecule has 5 heteroatoms. The van der Waals surface area contributed by atoms with Gasteiger partial charge in [0.2, 0.25) is 0 Å². The minimum Gasteiger partial charge on any atom is -0.379 e. The summed E-state index contributed by atoms with van der Waals surface area (Å²) in [5.74, 6) is 0. The normalized spacial score (nSPS) is 9.25. The number of halogens is 3. The van der Waals surface area contributed by atoms with Crippen molar-refractivity contribution in [2.24, 2.45) is 0 Å². The third kappa shape index (κ3) is 4.08. The van der Waals surface area contributed by atoms with Crippen molar-refractivity contribution >= 4 is 18.1 Å². The summed E-state index contributed by atoms with van der Waals surface area (Å²) in [6, 6.07) is 3.28. The number of hydrogen-bond donors (Lipinski definition) is 1. The first-order chi connectivity index (χ1) is 5.29. The molecule has 0 radical (unpaired) electrons. The van der Waals surface area contributed by atoms with E-state index in [1.54, 1.807) is 24.5 Å². The minimum absolute atomic E-state index is 0. The lowest BCUT2D eigenvalue weighted by molar-refractivity contribution is 0.163. The Bertz CT molecular complexity index is 206. The number of pyridine rings is 1. The van der Waals surface area contributed by atoms with Crippen LogP contribution in [0.2, 0.25) is 0 Å². The smallest absolute Gasteiger partial charge is 0.255 e. The number of nitrogens with one attached hydrogen (secondary N) is 1. The fourth-order valence-corrected chi connectivity index (χ4v) is 0.665. The van der Waals surface area contributed by atoms with E-state index in [0.29, 0.717) is 5.69 Å². The number of rotatable bonds is 3. The van der Waals surface area contributed by atoms with Gasteiger partial charge >= 0.3 is 0 Å². The summed E-state index contributed by atoms with van der Waals surface area (Å²) in [6.07, 6.45) is 0.782. The largest absolute Gasteiger partial charge is 0.379 e. The summed E-state index contributed by atoms with van der Waals surface area (Å²) in [7, 11) is 0. The summed E-state index contributed by atoms with van der Waals surface area (Å²) in [5, 5.41) is 2.55. The number of alkyl halides is 2. The van der Waals surface area contributed by atoms with E-state index in [1.807, 2.05) is 0 Å². The van der Waals surface area contributed by atoms with Gasteiger partial charge in [-0.2, -0.15) is 0 Å². The van der Waals surface area contributed by atoms with Crippen LogP contribution in [0.1, 0.15) is 0 Å². The molecule has 0 fully saturated rings. The van der Waals surface area contributed by atoms with E-state index in [4.69, 9.17) is 0 Å². The van der Waals surface area contributed by atoms with Crippen molar-refractivity contribution < 1.29 is 8.78 Å². The first-order valence-electron chi connectivity index (χ1n) is 3.21. The summed E-state index contributed by atoms with van der Waals surface area (Å²) >= 11 is 0. The molecule has 68 valence electrons. The zero-order valence-corrected chi connectivity index (χ0v) is 7.02. The molecule has 0 aliphatic heterocycles. The fraction of sp³-hybridized carbons (Fsp3) is 0.286. The van der Waals surface area contributed by atoms with Crippen LogP contribution < -0.4 is 5.32 Å². The molecular formula is C7H9ClF2N2. The van der Waals surface area contributed by atoms with Crippen LogP contribution in [0.5, 0.6) is 0 Å². The predicted octanol–water partition coefficient (Wildman–Crippen LogP) is 2.18. The molecule has 1 N–H and O–H groups in total. The van der Waals surface area contributed by atoms with Gasteiger partial charge in [-0.05, 0) is 12.1 Å². The quantitative estimate of drug-likeness (QED) is 0.798. The molecule has 1 aromatic heterocycles. The van der Waals surface area contributed by atoms with Crippen molar-refractivity contribution in [3.8, 4) is 0 Å². The molecule has 0 aliphatic rings. The second-order valence-electron chi connectivity index (χ2n) is 2.01. The van der Waals surface area contributed by atoms with Gasteiger partial charge in [-0.25, -0.2) is 8.78 Å². The van der Waals surface area contributed by atoms with Gasteiger partial charge in [0, 0.05) is 18.1 Å². The Kier molecular flexibility index (Phi) is 5.28. The fourth-order valence-electron chi connectivity index (χ4n) is 0.665. The zero-order valence-electron chi connectivity index (χ0n) is 6.21. The highest BCUT2D eigenvalue weighted by atomic mass is 35.5. The molecule has 0 aliphatic carbocycles. The molecule has 0 aromatic carbocycles. The topological polar surface area (TPSA) is 24.9 Å². The molecule has 0 bridgehead atoms. The van der Waals surface area contributed by atoms with Gasteiger partial charge in [0.1, 0.15) is 0 Å². The third-order valence-corrected chi connectivity index (χ3v) is 1.14. The van der Waals surface area contributed by atoms with Crippen molar-refractivity contribution in [2.45, 2.75) is 6.43 Å². The Morgan fingerprint density at radius 2 is 1.92 bits per heavy atom. The van der Waals surface area contributed by atoms with Gasteiger partial charge in [-0.1, -0.05) is 0 Å². The summed E-state index contributed by atoms with van der Waals surface area (Å²) in [5.41, 5.74) is 0.667. The van der Waals surface area contributed by atoms with Gasteiger partial charge in [0.05, 0.1) is 6.54 Å². The molecule has 0 amide bonds. The molecule has 1 heterocycles. The second-order valence-corrected chi connectivity index (χ2v) is 2.01. The molecule has 0 unspecified atom stereocenters. The van der Waals surface area contributed by atoms with Crippen molar-refractivity contribution in [3.63, 3.8) is 0 Å². The van der Waals surface area contributed by atoms with Crippen LogP contribution in [0.3, 0.4) is 0 Å². The van der Waals surface area contributed by atoms with Gasteiger partial charge in [-0.3, -0.25) is 4.98 Å². The molecule has 12 heavy (non-hydrogen) atoms. The molecule has 0 spiro atoms. The molecule has 0 atom stereocenters. The van der Waals surface area contributed by atoms with Crippen LogP contribution in [0, 0.1) is 0 Å². The first kappa shape index (κ1) is 11.1. The lowest BCUT2D eigenvalue weighted by Gasteiger charge is -2.03. The van der Waals surface area contributed by atoms with Crippen molar-refractivity contribution in [3.05, 3.63) is 24.5 Å². The van der Waals surface area contributed by atoms with Crippen molar-refractivity contribution in [2.75, 3.05) is 11.9 Å². The van der Waals surface area contributed by atoms with Crippen LogP contribution in [-0.2, 0) is 0 Å². The van der Waals surface area contributed by atoms with E-state index < -0.39 is 6.43 Å². The first-order valence-corrected chi connectivity index (χ1v) is 3.21. The lowest BCUT2D eigenvalue weighted by Crippen LogP contribution is -2.09. The Morgan fingerprint density at radius 1 is 1.33 bits per heavy atom. The van der Waals surface area contributed by atoms with E-state index >= 15 is 0 Å².